The van der Waals surface area contributed by atoms with Gasteiger partial charge in [-0.25, -0.2) is 4.39 Å². The molecule has 2 rings (SSSR count). The van der Waals surface area contributed by atoms with Crippen LogP contribution in [-0.2, 0) is 13.2 Å². The highest BCUT2D eigenvalue weighted by molar-refractivity contribution is 5.54. The van der Waals surface area contributed by atoms with Crippen LogP contribution in [0, 0.1) is 12.7 Å². The second-order valence-corrected chi connectivity index (χ2v) is 4.68. The second-order valence-electron chi connectivity index (χ2n) is 4.68. The van der Waals surface area contributed by atoms with Gasteiger partial charge in [0.25, 0.3) is 0 Å². The van der Waals surface area contributed by atoms with Gasteiger partial charge in [-0.1, -0.05) is 12.1 Å². The average Bonchev–Trinajstić information content (AvgIpc) is 2.44. The second kappa shape index (κ2) is 6.48. The number of halogens is 1. The Kier molecular flexibility index (Phi) is 4.69. The number of hydrogen-bond donors (Lipinski definition) is 1. The van der Waals surface area contributed by atoms with Gasteiger partial charge < -0.3 is 10.0 Å². The third-order valence-electron chi connectivity index (χ3n) is 3.27. The van der Waals surface area contributed by atoms with E-state index in [-0.39, 0.29) is 12.4 Å². The Labute approximate surface area is 118 Å². The van der Waals surface area contributed by atoms with Crippen LogP contribution in [0.25, 0.3) is 0 Å². The molecule has 0 aliphatic rings. The summed E-state index contributed by atoms with van der Waals surface area (Å²) in [6.07, 6.45) is 0. The number of hydrogen-bond acceptors (Lipinski definition) is 3. The van der Waals surface area contributed by atoms with E-state index in [0.717, 1.165) is 17.1 Å². The molecule has 1 aromatic carbocycles. The fourth-order valence-corrected chi connectivity index (χ4v) is 2.25. The van der Waals surface area contributed by atoms with Gasteiger partial charge in [0.15, 0.2) is 0 Å². The summed E-state index contributed by atoms with van der Waals surface area (Å²) in [6.45, 7) is 4.95. The zero-order valence-electron chi connectivity index (χ0n) is 11.8. The number of aryl methyl sites for hydroxylation is 1. The maximum Gasteiger partial charge on any atom is 0.130 e. The maximum atomic E-state index is 13.7. The predicted molar refractivity (Wildman–Crippen MR) is 78.0 cm³/mol. The molecule has 0 fully saturated rings. The summed E-state index contributed by atoms with van der Waals surface area (Å²) in [7, 11) is 0. The minimum absolute atomic E-state index is 0.306. The van der Waals surface area contributed by atoms with Crippen molar-refractivity contribution in [2.24, 2.45) is 0 Å². The van der Waals surface area contributed by atoms with Crippen LogP contribution < -0.4 is 4.90 Å². The number of aliphatic hydroxyl groups excluding tert-OH is 1. The Morgan fingerprint density at radius 1 is 1.20 bits per heavy atom. The third kappa shape index (κ3) is 3.14. The van der Waals surface area contributed by atoms with Crippen LogP contribution >= 0.6 is 0 Å². The lowest BCUT2D eigenvalue weighted by Crippen LogP contribution is -2.24. The predicted octanol–water partition coefficient (Wildman–Crippen LogP) is 3.05. The molecule has 0 aliphatic heterocycles. The molecule has 0 radical (unpaired) electrons. The molecule has 0 saturated carbocycles. The molecular weight excluding hydrogens is 255 g/mol. The molecular formula is C16H19FN2O. The van der Waals surface area contributed by atoms with Crippen molar-refractivity contribution in [2.75, 3.05) is 11.4 Å². The summed E-state index contributed by atoms with van der Waals surface area (Å²) in [5, 5.41) is 9.37. The van der Waals surface area contributed by atoms with Crippen molar-refractivity contribution in [1.29, 1.82) is 0 Å². The number of nitrogens with zero attached hydrogens (tertiary/aromatic N) is 2. The normalized spacial score (nSPS) is 10.6. The van der Waals surface area contributed by atoms with Crippen molar-refractivity contribution in [3.05, 3.63) is 59.2 Å². The lowest BCUT2D eigenvalue weighted by molar-refractivity contribution is 0.276. The molecule has 1 N–H and O–H groups in total. The largest absolute Gasteiger partial charge is 0.391 e. The summed E-state index contributed by atoms with van der Waals surface area (Å²) < 4.78 is 13.7. The molecule has 106 valence electrons. The number of rotatable bonds is 5. The van der Waals surface area contributed by atoms with E-state index in [1.165, 1.54) is 6.07 Å². The van der Waals surface area contributed by atoms with Gasteiger partial charge in [-0.2, -0.15) is 0 Å². The van der Waals surface area contributed by atoms with E-state index in [4.69, 9.17) is 0 Å². The standard InChI is InChI=1S/C16H19FN2O/c1-3-19(10-13-7-4-6-12(2)18-13)16-9-5-8-15(17)14(16)11-20/h4-9,20H,3,10-11H2,1-2H3. The molecule has 1 aromatic heterocycles. The molecule has 0 atom stereocenters. The van der Waals surface area contributed by atoms with Gasteiger partial charge >= 0.3 is 0 Å². The zero-order chi connectivity index (χ0) is 14.5. The van der Waals surface area contributed by atoms with Crippen LogP contribution in [0.3, 0.4) is 0 Å². The minimum Gasteiger partial charge on any atom is -0.391 e. The summed E-state index contributed by atoms with van der Waals surface area (Å²) in [4.78, 5) is 6.48. The molecule has 1 heterocycles. The molecule has 0 spiro atoms. The van der Waals surface area contributed by atoms with Crippen LogP contribution in [0.15, 0.2) is 36.4 Å². The van der Waals surface area contributed by atoms with E-state index in [2.05, 4.69) is 4.98 Å². The fraction of sp³-hybridized carbons (Fsp3) is 0.312. The Hall–Kier alpha value is -1.94. The Bertz CT molecular complexity index is 586. The van der Waals surface area contributed by atoms with Crippen LogP contribution in [0.1, 0.15) is 23.9 Å². The highest BCUT2D eigenvalue weighted by atomic mass is 19.1. The SMILES string of the molecule is CCN(Cc1cccc(C)n1)c1cccc(F)c1CO. The molecule has 0 saturated heterocycles. The molecule has 0 aliphatic carbocycles. The van der Waals surface area contributed by atoms with Crippen LogP contribution in [0.4, 0.5) is 10.1 Å². The average molecular weight is 274 g/mol. The van der Waals surface area contributed by atoms with Crippen molar-refractivity contribution in [3.8, 4) is 0 Å². The number of pyridine rings is 1. The van der Waals surface area contributed by atoms with Gasteiger partial charge in [-0.05, 0) is 38.1 Å². The van der Waals surface area contributed by atoms with Crippen molar-refractivity contribution in [3.63, 3.8) is 0 Å². The van der Waals surface area contributed by atoms with Crippen LogP contribution in [0.5, 0.6) is 0 Å². The zero-order valence-corrected chi connectivity index (χ0v) is 11.8. The number of aliphatic hydroxyl groups is 1. The molecule has 20 heavy (non-hydrogen) atoms. The van der Waals surface area contributed by atoms with Crippen molar-refractivity contribution in [1.82, 2.24) is 4.98 Å². The third-order valence-corrected chi connectivity index (χ3v) is 3.27. The number of anilines is 1. The van der Waals surface area contributed by atoms with Gasteiger partial charge in [0.2, 0.25) is 0 Å². The highest BCUT2D eigenvalue weighted by Gasteiger charge is 2.13. The fourth-order valence-electron chi connectivity index (χ4n) is 2.25. The number of aromatic nitrogens is 1. The van der Waals surface area contributed by atoms with Crippen LogP contribution in [0.2, 0.25) is 0 Å². The van der Waals surface area contributed by atoms with Crippen LogP contribution in [-0.4, -0.2) is 16.6 Å². The first-order chi connectivity index (χ1) is 9.65. The van der Waals surface area contributed by atoms with E-state index < -0.39 is 0 Å². The molecule has 4 heteroatoms. The molecule has 0 bridgehead atoms. The highest BCUT2D eigenvalue weighted by Crippen LogP contribution is 2.24. The number of benzene rings is 1. The molecule has 0 amide bonds. The summed E-state index contributed by atoms with van der Waals surface area (Å²) in [5.41, 5.74) is 2.94. The Morgan fingerprint density at radius 2 is 1.95 bits per heavy atom. The van der Waals surface area contributed by atoms with Gasteiger partial charge in [0, 0.05) is 23.5 Å². The smallest absolute Gasteiger partial charge is 0.130 e. The lowest BCUT2D eigenvalue weighted by atomic mass is 10.1. The van der Waals surface area contributed by atoms with E-state index >= 15 is 0 Å². The molecule has 0 unspecified atom stereocenters. The van der Waals surface area contributed by atoms with E-state index in [1.807, 2.05) is 43.0 Å². The van der Waals surface area contributed by atoms with E-state index in [9.17, 15) is 9.50 Å². The van der Waals surface area contributed by atoms with E-state index in [1.54, 1.807) is 6.07 Å². The van der Waals surface area contributed by atoms with Gasteiger partial charge in [0.1, 0.15) is 5.82 Å². The Balaban J connectivity index is 2.31. The van der Waals surface area contributed by atoms with Gasteiger partial charge in [0.05, 0.1) is 18.8 Å². The minimum atomic E-state index is -0.374. The first kappa shape index (κ1) is 14.5. The van der Waals surface area contributed by atoms with Crippen molar-refractivity contribution < 1.29 is 9.50 Å². The summed E-state index contributed by atoms with van der Waals surface area (Å²) >= 11 is 0. The topological polar surface area (TPSA) is 36.4 Å². The summed E-state index contributed by atoms with van der Waals surface area (Å²) in [5.74, 6) is -0.374. The summed E-state index contributed by atoms with van der Waals surface area (Å²) in [6, 6.07) is 10.7. The Morgan fingerprint density at radius 3 is 2.60 bits per heavy atom. The van der Waals surface area contributed by atoms with Crippen molar-refractivity contribution in [2.45, 2.75) is 27.0 Å². The first-order valence-corrected chi connectivity index (χ1v) is 6.71. The van der Waals surface area contributed by atoms with Gasteiger partial charge in [-0.3, -0.25) is 4.98 Å². The molecule has 2 aromatic rings. The monoisotopic (exact) mass is 274 g/mol. The maximum absolute atomic E-state index is 13.7. The van der Waals surface area contributed by atoms with E-state index in [0.29, 0.717) is 18.7 Å². The van der Waals surface area contributed by atoms with Gasteiger partial charge in [-0.15, -0.1) is 0 Å². The van der Waals surface area contributed by atoms with Crippen molar-refractivity contribution >= 4 is 5.69 Å². The quantitative estimate of drug-likeness (QED) is 0.910. The first-order valence-electron chi connectivity index (χ1n) is 6.71. The lowest BCUT2D eigenvalue weighted by Gasteiger charge is -2.25. The molecule has 3 nitrogen and oxygen atoms in total.